The van der Waals surface area contributed by atoms with Gasteiger partial charge in [-0.1, -0.05) is 18.2 Å². The van der Waals surface area contributed by atoms with Crippen molar-refractivity contribution < 1.29 is 0 Å². The summed E-state index contributed by atoms with van der Waals surface area (Å²) in [6.07, 6.45) is 3.19. The third-order valence-electron chi connectivity index (χ3n) is 3.93. The Hall–Kier alpha value is -1.81. The molecule has 0 radical (unpaired) electrons. The Morgan fingerprint density at radius 1 is 1.37 bits per heavy atom. The monoisotopic (exact) mass is 256 g/mol. The summed E-state index contributed by atoms with van der Waals surface area (Å²) in [5.41, 5.74) is 11.1. The van der Waals surface area contributed by atoms with E-state index in [2.05, 4.69) is 47.4 Å². The van der Waals surface area contributed by atoms with E-state index < -0.39 is 0 Å². The Labute approximate surface area is 113 Å². The van der Waals surface area contributed by atoms with Gasteiger partial charge in [-0.2, -0.15) is 5.10 Å². The summed E-state index contributed by atoms with van der Waals surface area (Å²) in [4.78, 5) is 2.42. The average molecular weight is 256 g/mol. The van der Waals surface area contributed by atoms with Crippen molar-refractivity contribution in [2.24, 2.45) is 12.8 Å². The van der Waals surface area contributed by atoms with Crippen LogP contribution >= 0.6 is 0 Å². The Kier molecular flexibility index (Phi) is 3.03. The summed E-state index contributed by atoms with van der Waals surface area (Å²) in [6, 6.07) is 8.82. The number of fused-ring (bicyclic) bond motifs is 1. The molecule has 3 rings (SSSR count). The maximum Gasteiger partial charge on any atom is 0.0698 e. The van der Waals surface area contributed by atoms with Gasteiger partial charge in [-0.15, -0.1) is 0 Å². The zero-order valence-electron chi connectivity index (χ0n) is 11.5. The second-order valence-corrected chi connectivity index (χ2v) is 5.17. The van der Waals surface area contributed by atoms with Crippen LogP contribution in [0.25, 0.3) is 0 Å². The SMILES string of the molecule is Cc1nn(C)cc1C(CN)N1CCc2ccccc21. The van der Waals surface area contributed by atoms with Crippen LogP contribution in [0, 0.1) is 6.92 Å². The number of nitrogens with two attached hydrogens (primary N) is 1. The number of hydrogen-bond acceptors (Lipinski definition) is 3. The lowest BCUT2D eigenvalue weighted by Crippen LogP contribution is -2.32. The summed E-state index contributed by atoms with van der Waals surface area (Å²) in [7, 11) is 1.96. The van der Waals surface area contributed by atoms with E-state index in [0.717, 1.165) is 18.7 Å². The van der Waals surface area contributed by atoms with Gasteiger partial charge in [-0.05, 0) is 25.0 Å². The molecule has 2 heterocycles. The number of aryl methyl sites for hydroxylation is 2. The molecular formula is C15H20N4. The highest BCUT2D eigenvalue weighted by Crippen LogP contribution is 2.35. The molecule has 1 aliphatic rings. The summed E-state index contributed by atoms with van der Waals surface area (Å²) >= 11 is 0. The quantitative estimate of drug-likeness (QED) is 0.910. The van der Waals surface area contributed by atoms with Crippen LogP contribution in [0.4, 0.5) is 5.69 Å². The number of aromatic nitrogens is 2. The topological polar surface area (TPSA) is 47.1 Å². The summed E-state index contributed by atoms with van der Waals surface area (Å²) < 4.78 is 1.87. The van der Waals surface area contributed by atoms with E-state index in [4.69, 9.17) is 5.73 Å². The molecule has 0 saturated heterocycles. The van der Waals surface area contributed by atoms with E-state index in [9.17, 15) is 0 Å². The van der Waals surface area contributed by atoms with E-state index in [1.165, 1.54) is 16.8 Å². The molecule has 1 unspecified atom stereocenters. The van der Waals surface area contributed by atoms with Gasteiger partial charge in [-0.25, -0.2) is 0 Å². The van der Waals surface area contributed by atoms with Crippen LogP contribution in [0.1, 0.15) is 22.9 Å². The molecule has 1 aromatic carbocycles. The molecule has 4 nitrogen and oxygen atoms in total. The van der Waals surface area contributed by atoms with Crippen molar-refractivity contribution in [2.45, 2.75) is 19.4 Å². The third-order valence-corrected chi connectivity index (χ3v) is 3.93. The Morgan fingerprint density at radius 2 is 2.16 bits per heavy atom. The molecule has 0 amide bonds. The first-order valence-electron chi connectivity index (χ1n) is 6.75. The molecule has 1 aromatic heterocycles. The predicted molar refractivity (Wildman–Crippen MR) is 77.2 cm³/mol. The number of hydrogen-bond donors (Lipinski definition) is 1. The van der Waals surface area contributed by atoms with Gasteiger partial charge in [0.15, 0.2) is 0 Å². The molecule has 0 saturated carbocycles. The van der Waals surface area contributed by atoms with Crippen LogP contribution in [0.5, 0.6) is 0 Å². The lowest BCUT2D eigenvalue weighted by Gasteiger charge is -2.29. The fraction of sp³-hybridized carbons (Fsp3) is 0.400. The first-order valence-corrected chi connectivity index (χ1v) is 6.75. The third kappa shape index (κ3) is 2.02. The molecule has 19 heavy (non-hydrogen) atoms. The van der Waals surface area contributed by atoms with Crippen LogP contribution in [-0.2, 0) is 13.5 Å². The lowest BCUT2D eigenvalue weighted by atomic mass is 10.1. The largest absolute Gasteiger partial charge is 0.363 e. The zero-order chi connectivity index (χ0) is 13.4. The van der Waals surface area contributed by atoms with E-state index in [1.54, 1.807) is 0 Å². The van der Waals surface area contributed by atoms with Gasteiger partial charge in [0.25, 0.3) is 0 Å². The molecular weight excluding hydrogens is 236 g/mol. The standard InChI is InChI=1S/C15H20N4/c1-11-13(10-18(2)17-11)15(9-16)19-8-7-12-5-3-4-6-14(12)19/h3-6,10,15H,7-9,16H2,1-2H3. The molecule has 0 bridgehead atoms. The van der Waals surface area contributed by atoms with Crippen molar-refractivity contribution >= 4 is 5.69 Å². The molecule has 0 spiro atoms. The molecule has 0 fully saturated rings. The van der Waals surface area contributed by atoms with Crippen LogP contribution in [0.3, 0.4) is 0 Å². The van der Waals surface area contributed by atoms with Crippen LogP contribution < -0.4 is 10.6 Å². The lowest BCUT2D eigenvalue weighted by molar-refractivity contribution is 0.645. The number of rotatable bonds is 3. The van der Waals surface area contributed by atoms with Crippen molar-refractivity contribution in [3.05, 3.63) is 47.3 Å². The molecule has 2 N–H and O–H groups in total. The minimum absolute atomic E-state index is 0.220. The van der Waals surface area contributed by atoms with Crippen molar-refractivity contribution in [3.63, 3.8) is 0 Å². The van der Waals surface area contributed by atoms with E-state index in [0.29, 0.717) is 6.54 Å². The van der Waals surface area contributed by atoms with Crippen LogP contribution in [0.2, 0.25) is 0 Å². The van der Waals surface area contributed by atoms with Crippen LogP contribution in [0.15, 0.2) is 30.5 Å². The van der Waals surface area contributed by atoms with E-state index >= 15 is 0 Å². The van der Waals surface area contributed by atoms with Gasteiger partial charge >= 0.3 is 0 Å². The Bertz CT molecular complexity index is 588. The average Bonchev–Trinajstić information content (AvgIpc) is 2.96. The number of para-hydroxylation sites is 1. The highest BCUT2D eigenvalue weighted by molar-refractivity contribution is 5.59. The first-order chi connectivity index (χ1) is 9.20. The highest BCUT2D eigenvalue weighted by Gasteiger charge is 2.27. The molecule has 1 aliphatic heterocycles. The fourth-order valence-electron chi connectivity index (χ4n) is 3.05. The number of nitrogens with zero attached hydrogens (tertiary/aromatic N) is 3. The van der Waals surface area contributed by atoms with Gasteiger partial charge in [0.1, 0.15) is 0 Å². The van der Waals surface area contributed by atoms with Crippen LogP contribution in [-0.4, -0.2) is 22.9 Å². The summed E-state index contributed by atoms with van der Waals surface area (Å²) in [5.74, 6) is 0. The second kappa shape index (κ2) is 4.70. The molecule has 100 valence electrons. The van der Waals surface area contributed by atoms with Gasteiger partial charge in [0.2, 0.25) is 0 Å². The maximum atomic E-state index is 6.04. The fourth-order valence-corrected chi connectivity index (χ4v) is 3.05. The zero-order valence-corrected chi connectivity index (χ0v) is 11.5. The van der Waals surface area contributed by atoms with Gasteiger partial charge in [0.05, 0.1) is 11.7 Å². The number of anilines is 1. The van der Waals surface area contributed by atoms with E-state index in [-0.39, 0.29) is 6.04 Å². The van der Waals surface area contributed by atoms with Gasteiger partial charge in [-0.3, -0.25) is 4.68 Å². The molecule has 0 aliphatic carbocycles. The predicted octanol–water partition coefficient (Wildman–Crippen LogP) is 1.79. The molecule has 4 heteroatoms. The van der Waals surface area contributed by atoms with Crippen molar-refractivity contribution in [1.82, 2.24) is 9.78 Å². The minimum Gasteiger partial charge on any atom is -0.363 e. The normalized spacial score (nSPS) is 15.6. The van der Waals surface area contributed by atoms with Crippen molar-refractivity contribution in [1.29, 1.82) is 0 Å². The number of benzene rings is 1. The van der Waals surface area contributed by atoms with Crippen molar-refractivity contribution in [2.75, 3.05) is 18.0 Å². The highest BCUT2D eigenvalue weighted by atomic mass is 15.3. The van der Waals surface area contributed by atoms with Crippen molar-refractivity contribution in [3.8, 4) is 0 Å². The second-order valence-electron chi connectivity index (χ2n) is 5.17. The maximum absolute atomic E-state index is 6.04. The minimum atomic E-state index is 0.220. The smallest absolute Gasteiger partial charge is 0.0698 e. The first kappa shape index (κ1) is 12.2. The molecule has 2 aromatic rings. The summed E-state index contributed by atoms with van der Waals surface area (Å²) in [5, 5.41) is 4.44. The van der Waals surface area contributed by atoms with Gasteiger partial charge in [0, 0.05) is 37.6 Å². The Balaban J connectivity index is 1.99. The molecule has 1 atom stereocenters. The summed E-state index contributed by atoms with van der Waals surface area (Å²) in [6.45, 7) is 3.70. The van der Waals surface area contributed by atoms with Gasteiger partial charge < -0.3 is 10.6 Å². The Morgan fingerprint density at radius 3 is 2.84 bits per heavy atom. The van der Waals surface area contributed by atoms with E-state index in [1.807, 2.05) is 11.7 Å².